The molecule has 1 heterocycles. The minimum Gasteiger partial charge on any atom is -0.465 e. The lowest BCUT2D eigenvalue weighted by atomic mass is 10.0. The molecule has 1 aliphatic heterocycles. The van der Waals surface area contributed by atoms with E-state index in [2.05, 4.69) is 5.32 Å². The molecular weight excluding hydrogens is 400 g/mol. The number of carbonyl (C=O) groups excluding carboxylic acids is 4. The average molecular weight is 424 g/mol. The maximum atomic E-state index is 12.8. The van der Waals surface area contributed by atoms with Gasteiger partial charge in [0.25, 0.3) is 11.8 Å². The SMILES string of the molecule is COC(=O)c1ccc([C@H](CN2C(=O)c3ccccc3C2=O)NC(=O)OC(C)(C)C)cc1. The smallest absolute Gasteiger partial charge is 0.408 e. The molecule has 0 bridgehead atoms. The van der Waals surface area contributed by atoms with Gasteiger partial charge in [0, 0.05) is 0 Å². The molecule has 0 aromatic heterocycles. The van der Waals surface area contributed by atoms with Gasteiger partial charge in [-0.25, -0.2) is 9.59 Å². The number of alkyl carbamates (subject to hydrolysis) is 1. The van der Waals surface area contributed by atoms with E-state index < -0.39 is 35.5 Å². The predicted octanol–water partition coefficient (Wildman–Crippen LogP) is 3.34. The fraction of sp³-hybridized carbons (Fsp3) is 0.304. The van der Waals surface area contributed by atoms with E-state index >= 15 is 0 Å². The first-order valence-electron chi connectivity index (χ1n) is 9.73. The van der Waals surface area contributed by atoms with Gasteiger partial charge in [0.2, 0.25) is 0 Å². The number of esters is 1. The van der Waals surface area contributed by atoms with Crippen LogP contribution in [0.4, 0.5) is 4.79 Å². The first-order valence-corrected chi connectivity index (χ1v) is 9.73. The molecule has 0 aliphatic carbocycles. The summed E-state index contributed by atoms with van der Waals surface area (Å²) in [5.41, 5.74) is 0.853. The van der Waals surface area contributed by atoms with E-state index in [4.69, 9.17) is 9.47 Å². The van der Waals surface area contributed by atoms with Crippen LogP contribution >= 0.6 is 0 Å². The molecule has 0 spiro atoms. The minimum atomic E-state index is -0.747. The molecular formula is C23H24N2O6. The summed E-state index contributed by atoms with van der Waals surface area (Å²) < 4.78 is 10.0. The van der Waals surface area contributed by atoms with Crippen molar-refractivity contribution in [2.45, 2.75) is 32.4 Å². The summed E-state index contributed by atoms with van der Waals surface area (Å²) in [7, 11) is 1.28. The quantitative estimate of drug-likeness (QED) is 0.583. The highest BCUT2D eigenvalue weighted by Crippen LogP contribution is 2.26. The van der Waals surface area contributed by atoms with Crippen LogP contribution in [0, 0.1) is 0 Å². The third kappa shape index (κ3) is 4.91. The van der Waals surface area contributed by atoms with Gasteiger partial charge in [-0.2, -0.15) is 0 Å². The van der Waals surface area contributed by atoms with Gasteiger partial charge in [0.1, 0.15) is 5.60 Å². The summed E-state index contributed by atoms with van der Waals surface area (Å²) >= 11 is 0. The number of ether oxygens (including phenoxy) is 2. The molecule has 2 aromatic carbocycles. The van der Waals surface area contributed by atoms with Crippen molar-refractivity contribution in [2.75, 3.05) is 13.7 Å². The Morgan fingerprint density at radius 3 is 2.00 bits per heavy atom. The van der Waals surface area contributed by atoms with Crippen LogP contribution in [0.1, 0.15) is 63.5 Å². The summed E-state index contributed by atoms with van der Waals surface area (Å²) in [6, 6.07) is 12.2. The zero-order chi connectivity index (χ0) is 22.8. The van der Waals surface area contributed by atoms with Crippen LogP contribution < -0.4 is 5.32 Å². The monoisotopic (exact) mass is 424 g/mol. The number of carbonyl (C=O) groups is 4. The summed E-state index contributed by atoms with van der Waals surface area (Å²) in [6.07, 6.45) is -0.689. The summed E-state index contributed by atoms with van der Waals surface area (Å²) in [4.78, 5) is 50.8. The molecule has 1 aliphatic rings. The first-order chi connectivity index (χ1) is 14.6. The van der Waals surface area contributed by atoms with Crippen LogP contribution in [0.15, 0.2) is 48.5 Å². The Morgan fingerprint density at radius 2 is 1.52 bits per heavy atom. The third-order valence-electron chi connectivity index (χ3n) is 4.67. The molecule has 1 atom stereocenters. The van der Waals surface area contributed by atoms with E-state index in [1.165, 1.54) is 7.11 Å². The third-order valence-corrected chi connectivity index (χ3v) is 4.67. The topological polar surface area (TPSA) is 102 Å². The van der Waals surface area contributed by atoms with Gasteiger partial charge >= 0.3 is 12.1 Å². The zero-order valence-electron chi connectivity index (χ0n) is 17.8. The molecule has 0 radical (unpaired) electrons. The van der Waals surface area contributed by atoms with E-state index in [1.807, 2.05) is 0 Å². The van der Waals surface area contributed by atoms with Crippen molar-refractivity contribution in [1.29, 1.82) is 0 Å². The van der Waals surface area contributed by atoms with Crippen molar-refractivity contribution in [1.82, 2.24) is 10.2 Å². The lowest BCUT2D eigenvalue weighted by Crippen LogP contribution is -2.42. The molecule has 0 saturated carbocycles. The number of hydrogen-bond acceptors (Lipinski definition) is 6. The molecule has 1 N–H and O–H groups in total. The maximum Gasteiger partial charge on any atom is 0.408 e. The van der Waals surface area contributed by atoms with E-state index in [9.17, 15) is 19.2 Å². The Kier molecular flexibility index (Phi) is 6.10. The van der Waals surface area contributed by atoms with Gasteiger partial charge in [-0.1, -0.05) is 24.3 Å². The summed E-state index contributed by atoms with van der Waals surface area (Å²) in [6.45, 7) is 5.11. The van der Waals surface area contributed by atoms with Crippen LogP contribution in [0.2, 0.25) is 0 Å². The standard InChI is InChI=1S/C23H24N2O6/c1-23(2,3)31-22(29)24-18(14-9-11-15(12-10-14)21(28)30-4)13-25-19(26)16-7-5-6-8-17(16)20(25)27/h5-12,18H,13H2,1-4H3,(H,24,29)/t18-/m0/s1. The molecule has 8 nitrogen and oxygen atoms in total. The molecule has 0 unspecified atom stereocenters. The molecule has 2 aromatic rings. The van der Waals surface area contributed by atoms with Crippen molar-refractivity contribution < 1.29 is 28.7 Å². The molecule has 0 fully saturated rings. The highest BCUT2D eigenvalue weighted by molar-refractivity contribution is 6.21. The first kappa shape index (κ1) is 22.0. The van der Waals surface area contributed by atoms with Crippen LogP contribution in [0.3, 0.4) is 0 Å². The van der Waals surface area contributed by atoms with E-state index in [1.54, 1.807) is 69.3 Å². The molecule has 3 amide bonds. The second kappa shape index (κ2) is 8.59. The molecule has 3 rings (SSSR count). The van der Waals surface area contributed by atoms with E-state index in [-0.39, 0.29) is 6.54 Å². The number of fused-ring (bicyclic) bond motifs is 1. The molecule has 31 heavy (non-hydrogen) atoms. The Hall–Kier alpha value is -3.68. The van der Waals surface area contributed by atoms with Gasteiger partial charge in [-0.15, -0.1) is 0 Å². The van der Waals surface area contributed by atoms with Gasteiger partial charge in [-0.3, -0.25) is 14.5 Å². The van der Waals surface area contributed by atoms with E-state index in [0.717, 1.165) is 4.90 Å². The van der Waals surface area contributed by atoms with Crippen molar-refractivity contribution >= 4 is 23.9 Å². The highest BCUT2D eigenvalue weighted by Gasteiger charge is 2.37. The van der Waals surface area contributed by atoms with Crippen molar-refractivity contribution in [3.63, 3.8) is 0 Å². The number of hydrogen-bond donors (Lipinski definition) is 1. The van der Waals surface area contributed by atoms with Crippen LogP contribution in [0.5, 0.6) is 0 Å². The Balaban J connectivity index is 1.87. The van der Waals surface area contributed by atoms with Gasteiger partial charge in [-0.05, 0) is 50.6 Å². The summed E-state index contributed by atoms with van der Waals surface area (Å²) in [5.74, 6) is -1.35. The summed E-state index contributed by atoms with van der Waals surface area (Å²) in [5, 5.41) is 2.72. The second-order valence-electron chi connectivity index (χ2n) is 8.08. The van der Waals surface area contributed by atoms with Crippen molar-refractivity contribution in [3.8, 4) is 0 Å². The fourth-order valence-corrected chi connectivity index (χ4v) is 3.24. The number of methoxy groups -OCH3 is 1. The van der Waals surface area contributed by atoms with Gasteiger partial charge in [0.15, 0.2) is 0 Å². The minimum absolute atomic E-state index is 0.0941. The van der Waals surface area contributed by atoms with Gasteiger partial charge in [0.05, 0.1) is 36.4 Å². The van der Waals surface area contributed by atoms with Crippen LogP contribution in [0.25, 0.3) is 0 Å². The van der Waals surface area contributed by atoms with Crippen LogP contribution in [-0.4, -0.2) is 48.0 Å². The number of benzene rings is 2. The lowest BCUT2D eigenvalue weighted by molar-refractivity contribution is 0.0467. The molecule has 8 heteroatoms. The maximum absolute atomic E-state index is 12.8. The van der Waals surface area contributed by atoms with Crippen molar-refractivity contribution in [2.24, 2.45) is 0 Å². The Labute approximate surface area is 180 Å². The van der Waals surface area contributed by atoms with Crippen molar-refractivity contribution in [3.05, 3.63) is 70.8 Å². The predicted molar refractivity (Wildman–Crippen MR) is 112 cm³/mol. The van der Waals surface area contributed by atoms with Crippen LogP contribution in [-0.2, 0) is 9.47 Å². The lowest BCUT2D eigenvalue weighted by Gasteiger charge is -2.26. The Morgan fingerprint density at radius 1 is 0.968 bits per heavy atom. The van der Waals surface area contributed by atoms with Gasteiger partial charge < -0.3 is 14.8 Å². The van der Waals surface area contributed by atoms with E-state index in [0.29, 0.717) is 22.3 Å². The highest BCUT2D eigenvalue weighted by atomic mass is 16.6. The number of rotatable bonds is 5. The number of nitrogens with one attached hydrogen (secondary N) is 1. The number of imide groups is 1. The second-order valence-corrected chi connectivity index (χ2v) is 8.08. The Bertz CT molecular complexity index is 988. The average Bonchev–Trinajstić information content (AvgIpc) is 2.96. The number of amides is 3. The normalized spacial score (nSPS) is 14.1. The largest absolute Gasteiger partial charge is 0.465 e. The molecule has 162 valence electrons. The molecule has 0 saturated heterocycles. The number of nitrogens with zero attached hydrogens (tertiary/aromatic N) is 1. The fourth-order valence-electron chi connectivity index (χ4n) is 3.24. The zero-order valence-corrected chi connectivity index (χ0v) is 17.8.